The van der Waals surface area contributed by atoms with Crippen molar-refractivity contribution in [2.45, 2.75) is 0 Å². The molecule has 1 aromatic heterocycles. The van der Waals surface area contributed by atoms with Crippen LogP contribution >= 0.6 is 0 Å². The number of rotatable bonds is 5. The second-order valence-corrected chi connectivity index (χ2v) is 6.45. The van der Waals surface area contributed by atoms with Crippen LogP contribution in [0.1, 0.15) is 20.9 Å². The van der Waals surface area contributed by atoms with Crippen molar-refractivity contribution in [2.75, 3.05) is 17.7 Å². The highest BCUT2D eigenvalue weighted by Gasteiger charge is 2.23. The number of ether oxygens (including phenoxy) is 1. The van der Waals surface area contributed by atoms with E-state index in [-0.39, 0.29) is 17.0 Å². The van der Waals surface area contributed by atoms with Crippen LogP contribution in [0, 0.1) is 5.82 Å². The molecule has 0 bridgehead atoms. The van der Waals surface area contributed by atoms with E-state index in [0.29, 0.717) is 22.4 Å². The van der Waals surface area contributed by atoms with Gasteiger partial charge < -0.3 is 19.8 Å². The zero-order chi connectivity index (χ0) is 21.1. The largest absolute Gasteiger partial charge is 0.497 e. The molecule has 7 heteroatoms. The molecule has 2 amide bonds. The summed E-state index contributed by atoms with van der Waals surface area (Å²) in [6, 6.07) is 19.0. The van der Waals surface area contributed by atoms with Crippen molar-refractivity contribution in [2.24, 2.45) is 0 Å². The number of anilines is 2. The van der Waals surface area contributed by atoms with Gasteiger partial charge in [0.1, 0.15) is 22.8 Å². The molecule has 6 nitrogen and oxygen atoms in total. The van der Waals surface area contributed by atoms with E-state index in [4.69, 9.17) is 9.15 Å². The fourth-order valence-electron chi connectivity index (χ4n) is 3.01. The molecule has 2 N–H and O–H groups in total. The molecule has 0 saturated heterocycles. The maximum absolute atomic E-state index is 13.5. The van der Waals surface area contributed by atoms with E-state index in [1.165, 1.54) is 18.2 Å². The van der Waals surface area contributed by atoms with Crippen molar-refractivity contribution in [3.05, 3.63) is 89.9 Å². The van der Waals surface area contributed by atoms with Gasteiger partial charge in [-0.3, -0.25) is 9.59 Å². The van der Waals surface area contributed by atoms with Crippen LogP contribution in [-0.2, 0) is 0 Å². The van der Waals surface area contributed by atoms with Crippen LogP contribution in [0.25, 0.3) is 11.0 Å². The van der Waals surface area contributed by atoms with Crippen LogP contribution < -0.4 is 15.4 Å². The first kappa shape index (κ1) is 19.2. The number of carbonyl (C=O) groups is 2. The van der Waals surface area contributed by atoms with Gasteiger partial charge in [0.15, 0.2) is 0 Å². The lowest BCUT2D eigenvalue weighted by molar-refractivity contribution is 0.0999. The molecule has 0 spiro atoms. The maximum atomic E-state index is 13.5. The quantitative estimate of drug-likeness (QED) is 0.486. The molecule has 0 fully saturated rings. The van der Waals surface area contributed by atoms with Gasteiger partial charge in [0.2, 0.25) is 5.76 Å². The monoisotopic (exact) mass is 404 g/mol. The number of carbonyl (C=O) groups excluding carboxylic acids is 2. The molecule has 0 aliphatic carbocycles. The molecule has 0 radical (unpaired) electrons. The van der Waals surface area contributed by atoms with Gasteiger partial charge >= 0.3 is 0 Å². The van der Waals surface area contributed by atoms with Crippen LogP contribution in [0.15, 0.2) is 77.2 Å². The summed E-state index contributed by atoms with van der Waals surface area (Å²) >= 11 is 0. The summed E-state index contributed by atoms with van der Waals surface area (Å²) < 4.78 is 24.3. The van der Waals surface area contributed by atoms with Crippen molar-refractivity contribution in [3.8, 4) is 5.75 Å². The van der Waals surface area contributed by atoms with E-state index >= 15 is 0 Å². The number of amides is 2. The number of nitrogens with one attached hydrogen (secondary N) is 2. The van der Waals surface area contributed by atoms with Gasteiger partial charge in [0.05, 0.1) is 7.11 Å². The van der Waals surface area contributed by atoms with Gasteiger partial charge in [-0.15, -0.1) is 0 Å². The summed E-state index contributed by atoms with van der Waals surface area (Å²) in [4.78, 5) is 25.5. The van der Waals surface area contributed by atoms with Gasteiger partial charge in [-0.2, -0.15) is 0 Å². The number of hydrogen-bond donors (Lipinski definition) is 2. The molecule has 0 atom stereocenters. The second kappa shape index (κ2) is 8.08. The fraction of sp³-hybridized carbons (Fsp3) is 0.0435. The minimum atomic E-state index is -0.556. The lowest BCUT2D eigenvalue weighted by Crippen LogP contribution is -2.17. The number of furan rings is 1. The Balaban J connectivity index is 1.67. The highest BCUT2D eigenvalue weighted by Crippen LogP contribution is 2.32. The number of methoxy groups -OCH3 is 1. The molecule has 4 rings (SSSR count). The second-order valence-electron chi connectivity index (χ2n) is 6.45. The lowest BCUT2D eigenvalue weighted by Gasteiger charge is -2.08. The van der Waals surface area contributed by atoms with Crippen molar-refractivity contribution >= 4 is 34.2 Å². The molecule has 30 heavy (non-hydrogen) atoms. The Morgan fingerprint density at radius 2 is 1.67 bits per heavy atom. The number of para-hydroxylation sites is 1. The highest BCUT2D eigenvalue weighted by atomic mass is 19.1. The maximum Gasteiger partial charge on any atom is 0.293 e. The van der Waals surface area contributed by atoms with Crippen LogP contribution in [-0.4, -0.2) is 18.9 Å². The van der Waals surface area contributed by atoms with E-state index in [1.807, 2.05) is 0 Å². The van der Waals surface area contributed by atoms with Crippen LogP contribution in [0.3, 0.4) is 0 Å². The summed E-state index contributed by atoms with van der Waals surface area (Å²) in [6.07, 6.45) is 0. The molecule has 1 heterocycles. The lowest BCUT2D eigenvalue weighted by atomic mass is 10.1. The van der Waals surface area contributed by atoms with E-state index < -0.39 is 17.6 Å². The number of halogens is 1. The summed E-state index contributed by atoms with van der Waals surface area (Å²) in [5.41, 5.74) is 1.31. The zero-order valence-corrected chi connectivity index (χ0v) is 15.9. The van der Waals surface area contributed by atoms with Crippen molar-refractivity contribution in [3.63, 3.8) is 0 Å². The minimum absolute atomic E-state index is 0.0585. The number of benzene rings is 3. The Kier molecular flexibility index (Phi) is 5.17. The van der Waals surface area contributed by atoms with E-state index in [9.17, 15) is 14.0 Å². The minimum Gasteiger partial charge on any atom is -0.497 e. The zero-order valence-electron chi connectivity index (χ0n) is 15.9. The molecule has 150 valence electrons. The first-order chi connectivity index (χ1) is 14.5. The smallest absolute Gasteiger partial charge is 0.293 e. The third-order valence-electron chi connectivity index (χ3n) is 4.47. The van der Waals surface area contributed by atoms with Gasteiger partial charge in [-0.1, -0.05) is 18.2 Å². The Bertz CT molecular complexity index is 1230. The third kappa shape index (κ3) is 3.86. The predicted molar refractivity (Wildman–Crippen MR) is 112 cm³/mol. The van der Waals surface area contributed by atoms with Gasteiger partial charge in [-0.25, -0.2) is 4.39 Å². The van der Waals surface area contributed by atoms with E-state index in [2.05, 4.69) is 10.6 Å². The summed E-state index contributed by atoms with van der Waals surface area (Å²) in [7, 11) is 1.55. The molecule has 0 aliphatic heterocycles. The SMILES string of the molecule is COc1ccc(NC(=O)c2oc3ccccc3c2NC(=O)c2cccc(F)c2)cc1. The molecule has 4 aromatic rings. The summed E-state index contributed by atoms with van der Waals surface area (Å²) in [6.45, 7) is 0. The first-order valence-electron chi connectivity index (χ1n) is 9.09. The molecule has 3 aromatic carbocycles. The Morgan fingerprint density at radius 3 is 2.40 bits per heavy atom. The average Bonchev–Trinajstić information content (AvgIpc) is 3.13. The van der Waals surface area contributed by atoms with Gasteiger partial charge in [0, 0.05) is 16.6 Å². The Hall–Kier alpha value is -4.13. The molecule has 0 unspecified atom stereocenters. The van der Waals surface area contributed by atoms with E-state index in [1.54, 1.807) is 55.6 Å². The van der Waals surface area contributed by atoms with Gasteiger partial charge in [-0.05, 0) is 54.6 Å². The number of fused-ring (bicyclic) bond motifs is 1. The van der Waals surface area contributed by atoms with Gasteiger partial charge in [0.25, 0.3) is 11.8 Å². The van der Waals surface area contributed by atoms with E-state index in [0.717, 1.165) is 6.07 Å². The number of hydrogen-bond acceptors (Lipinski definition) is 4. The average molecular weight is 404 g/mol. The van der Waals surface area contributed by atoms with Crippen LogP contribution in [0.4, 0.5) is 15.8 Å². The topological polar surface area (TPSA) is 80.6 Å². The molecular weight excluding hydrogens is 387 g/mol. The fourth-order valence-corrected chi connectivity index (χ4v) is 3.01. The Morgan fingerprint density at radius 1 is 0.900 bits per heavy atom. The molecule has 0 aliphatic rings. The Labute approximate surface area is 171 Å². The van der Waals surface area contributed by atoms with Crippen LogP contribution in [0.5, 0.6) is 5.75 Å². The standard InChI is InChI=1S/C23H17FN2O4/c1-29-17-11-9-16(10-12-17)25-23(28)21-20(18-7-2-3-8-19(18)30-21)26-22(27)14-5-4-6-15(24)13-14/h2-13H,1H3,(H,25,28)(H,26,27). The highest BCUT2D eigenvalue weighted by molar-refractivity contribution is 6.16. The molecular formula is C23H17FN2O4. The van der Waals surface area contributed by atoms with Crippen LogP contribution in [0.2, 0.25) is 0 Å². The molecule has 0 saturated carbocycles. The normalized spacial score (nSPS) is 10.6. The van der Waals surface area contributed by atoms with Crippen molar-refractivity contribution in [1.29, 1.82) is 0 Å². The van der Waals surface area contributed by atoms with Crippen molar-refractivity contribution in [1.82, 2.24) is 0 Å². The summed E-state index contributed by atoms with van der Waals surface area (Å²) in [5.74, 6) is -1.03. The van der Waals surface area contributed by atoms with Crippen molar-refractivity contribution < 1.29 is 23.1 Å². The summed E-state index contributed by atoms with van der Waals surface area (Å²) in [5, 5.41) is 5.97. The first-order valence-corrected chi connectivity index (χ1v) is 9.09. The predicted octanol–water partition coefficient (Wildman–Crippen LogP) is 5.09. The third-order valence-corrected chi connectivity index (χ3v) is 4.47.